The van der Waals surface area contributed by atoms with Crippen LogP contribution in [0.5, 0.6) is 5.75 Å². The molecule has 8 heteroatoms. The lowest BCUT2D eigenvalue weighted by molar-refractivity contribution is 0.0208. The zero-order chi connectivity index (χ0) is 14.8. The first-order chi connectivity index (χ1) is 10.2. The van der Waals surface area contributed by atoms with Crippen molar-refractivity contribution in [2.45, 2.75) is 6.04 Å². The van der Waals surface area contributed by atoms with Gasteiger partial charge < -0.3 is 14.8 Å². The predicted molar refractivity (Wildman–Crippen MR) is 75.0 cm³/mol. The highest BCUT2D eigenvalue weighted by molar-refractivity contribution is 6.28. The average molecular weight is 311 g/mol. The number of nitrogens with one attached hydrogen (secondary N) is 1. The minimum atomic E-state index is -0.462. The summed E-state index contributed by atoms with van der Waals surface area (Å²) in [7, 11) is 1.50. The molecule has 1 aliphatic heterocycles. The van der Waals surface area contributed by atoms with E-state index in [1.165, 1.54) is 25.3 Å². The molecule has 6 nitrogen and oxygen atoms in total. The average Bonchev–Trinajstić information content (AvgIpc) is 2.43. The Kier molecular flexibility index (Phi) is 3.85. The summed E-state index contributed by atoms with van der Waals surface area (Å²) in [5.41, 5.74) is 0.201. The number of aromatic nitrogens is 3. The monoisotopic (exact) mass is 310 g/mol. The Morgan fingerprint density at radius 3 is 2.81 bits per heavy atom. The van der Waals surface area contributed by atoms with Gasteiger partial charge in [0.2, 0.25) is 11.2 Å². The Hall–Kier alpha value is -1.99. The van der Waals surface area contributed by atoms with Crippen molar-refractivity contribution >= 4 is 17.5 Å². The van der Waals surface area contributed by atoms with Crippen LogP contribution in [0.15, 0.2) is 18.2 Å². The van der Waals surface area contributed by atoms with E-state index in [9.17, 15) is 4.39 Å². The highest BCUT2D eigenvalue weighted by Gasteiger charge is 2.20. The fourth-order valence-electron chi connectivity index (χ4n) is 1.84. The largest absolute Gasteiger partial charge is 0.497 e. The molecule has 2 aromatic rings. The molecule has 1 saturated heterocycles. The summed E-state index contributed by atoms with van der Waals surface area (Å²) < 4.78 is 24.1. The van der Waals surface area contributed by atoms with Crippen LogP contribution in [0.3, 0.4) is 0 Å². The second kappa shape index (κ2) is 5.79. The number of ether oxygens (including phenoxy) is 2. The number of rotatable bonds is 4. The van der Waals surface area contributed by atoms with Gasteiger partial charge in [-0.3, -0.25) is 0 Å². The van der Waals surface area contributed by atoms with Gasteiger partial charge in [0.25, 0.3) is 0 Å². The molecule has 21 heavy (non-hydrogen) atoms. The molecule has 0 bridgehead atoms. The van der Waals surface area contributed by atoms with Gasteiger partial charge in [-0.2, -0.15) is 15.0 Å². The first-order valence-electron chi connectivity index (χ1n) is 6.25. The van der Waals surface area contributed by atoms with Crippen molar-refractivity contribution in [3.8, 4) is 17.1 Å². The lowest BCUT2D eigenvalue weighted by atomic mass is 10.2. The maximum Gasteiger partial charge on any atom is 0.227 e. The second-order valence-electron chi connectivity index (χ2n) is 4.48. The summed E-state index contributed by atoms with van der Waals surface area (Å²) in [5.74, 6) is 0.482. The Morgan fingerprint density at radius 1 is 1.33 bits per heavy atom. The summed E-state index contributed by atoms with van der Waals surface area (Å²) in [4.78, 5) is 12.1. The third kappa shape index (κ3) is 3.03. The molecule has 0 radical (unpaired) electrons. The number of hydrogen-bond donors (Lipinski definition) is 1. The summed E-state index contributed by atoms with van der Waals surface area (Å²) in [5, 5.41) is 3.04. The number of halogens is 2. The maximum atomic E-state index is 14.0. The van der Waals surface area contributed by atoms with Crippen LogP contribution < -0.4 is 10.1 Å². The van der Waals surface area contributed by atoms with Crippen LogP contribution in [-0.4, -0.2) is 41.3 Å². The Balaban J connectivity index is 1.97. The van der Waals surface area contributed by atoms with E-state index < -0.39 is 5.82 Å². The Labute approximate surface area is 125 Å². The highest BCUT2D eigenvalue weighted by atomic mass is 35.5. The molecular weight excluding hydrogens is 299 g/mol. The fraction of sp³-hybridized carbons (Fsp3) is 0.308. The van der Waals surface area contributed by atoms with Gasteiger partial charge in [-0.1, -0.05) is 0 Å². The minimum absolute atomic E-state index is 0.00929. The molecule has 1 N–H and O–H groups in total. The molecule has 0 atom stereocenters. The van der Waals surface area contributed by atoms with Crippen molar-refractivity contribution in [3.05, 3.63) is 29.3 Å². The van der Waals surface area contributed by atoms with Gasteiger partial charge in [0, 0.05) is 0 Å². The molecule has 1 fully saturated rings. The summed E-state index contributed by atoms with van der Waals surface area (Å²) in [6.45, 7) is 1.15. The smallest absolute Gasteiger partial charge is 0.227 e. The number of anilines is 1. The summed E-state index contributed by atoms with van der Waals surface area (Å²) in [6.07, 6.45) is 0. The molecule has 0 unspecified atom stereocenters. The number of methoxy groups -OCH3 is 1. The van der Waals surface area contributed by atoms with Gasteiger partial charge in [-0.25, -0.2) is 4.39 Å². The first kappa shape index (κ1) is 14.0. The second-order valence-corrected chi connectivity index (χ2v) is 4.81. The zero-order valence-corrected chi connectivity index (χ0v) is 11.9. The van der Waals surface area contributed by atoms with Crippen molar-refractivity contribution in [2.24, 2.45) is 0 Å². The third-order valence-corrected chi connectivity index (χ3v) is 3.16. The first-order valence-corrected chi connectivity index (χ1v) is 6.63. The molecule has 1 aliphatic rings. The van der Waals surface area contributed by atoms with Crippen LogP contribution in [0.1, 0.15) is 0 Å². The molecular formula is C13H12ClFN4O2. The molecule has 110 valence electrons. The van der Waals surface area contributed by atoms with E-state index in [0.717, 1.165) is 0 Å². The van der Waals surface area contributed by atoms with Crippen molar-refractivity contribution in [2.75, 3.05) is 25.6 Å². The van der Waals surface area contributed by atoms with Gasteiger partial charge >= 0.3 is 0 Å². The van der Waals surface area contributed by atoms with Crippen LogP contribution in [0.25, 0.3) is 11.4 Å². The van der Waals surface area contributed by atoms with Gasteiger partial charge in [-0.05, 0) is 29.8 Å². The van der Waals surface area contributed by atoms with E-state index in [1.54, 1.807) is 0 Å². The van der Waals surface area contributed by atoms with Crippen LogP contribution in [-0.2, 0) is 4.74 Å². The number of hydrogen-bond acceptors (Lipinski definition) is 6. The van der Waals surface area contributed by atoms with Gasteiger partial charge in [0.05, 0.1) is 31.9 Å². The molecule has 0 aliphatic carbocycles. The van der Waals surface area contributed by atoms with Crippen LogP contribution >= 0.6 is 11.6 Å². The van der Waals surface area contributed by atoms with Gasteiger partial charge in [0.15, 0.2) is 5.82 Å². The van der Waals surface area contributed by atoms with Crippen molar-refractivity contribution < 1.29 is 13.9 Å². The Bertz CT molecular complexity index is 667. The van der Waals surface area contributed by atoms with E-state index in [2.05, 4.69) is 20.3 Å². The summed E-state index contributed by atoms with van der Waals surface area (Å²) in [6, 6.07) is 4.45. The molecule has 2 heterocycles. The molecule has 0 spiro atoms. The molecule has 0 saturated carbocycles. The molecule has 1 aromatic heterocycles. The van der Waals surface area contributed by atoms with Crippen LogP contribution in [0, 0.1) is 5.82 Å². The van der Waals surface area contributed by atoms with E-state index in [1.807, 2.05) is 0 Å². The Morgan fingerprint density at radius 2 is 2.14 bits per heavy atom. The zero-order valence-electron chi connectivity index (χ0n) is 11.1. The predicted octanol–water partition coefficient (Wildman–Crippen LogP) is 2.15. The van der Waals surface area contributed by atoms with E-state index in [4.69, 9.17) is 21.1 Å². The highest BCUT2D eigenvalue weighted by Crippen LogP contribution is 2.26. The van der Waals surface area contributed by atoms with Gasteiger partial charge in [0.1, 0.15) is 11.6 Å². The number of benzene rings is 1. The maximum absolute atomic E-state index is 14.0. The SMILES string of the molecule is COc1ccc(F)c(-c2nc(Cl)nc(NC3COC3)n2)c1. The fourth-order valence-corrected chi connectivity index (χ4v) is 2.00. The van der Waals surface area contributed by atoms with Crippen LogP contribution in [0.4, 0.5) is 10.3 Å². The standard InChI is InChI=1S/C13H12ClFN4O2/c1-20-8-2-3-10(15)9(4-8)11-17-12(14)19-13(18-11)16-7-5-21-6-7/h2-4,7H,5-6H2,1H3,(H,16,17,18,19). The quantitative estimate of drug-likeness (QED) is 0.933. The van der Waals surface area contributed by atoms with Gasteiger partial charge in [-0.15, -0.1) is 0 Å². The topological polar surface area (TPSA) is 69.2 Å². The molecule has 1 aromatic carbocycles. The molecule has 3 rings (SSSR count). The molecule has 0 amide bonds. The lowest BCUT2D eigenvalue weighted by Crippen LogP contribution is -2.40. The normalized spacial score (nSPS) is 14.6. The van der Waals surface area contributed by atoms with E-state index in [-0.39, 0.29) is 22.7 Å². The minimum Gasteiger partial charge on any atom is -0.497 e. The van der Waals surface area contributed by atoms with Crippen LogP contribution in [0.2, 0.25) is 5.28 Å². The van der Waals surface area contributed by atoms with E-state index in [0.29, 0.717) is 24.9 Å². The van der Waals surface area contributed by atoms with Crippen molar-refractivity contribution in [1.29, 1.82) is 0 Å². The van der Waals surface area contributed by atoms with Crippen molar-refractivity contribution in [1.82, 2.24) is 15.0 Å². The number of nitrogens with zero attached hydrogens (tertiary/aromatic N) is 3. The third-order valence-electron chi connectivity index (χ3n) is 2.99. The lowest BCUT2D eigenvalue weighted by Gasteiger charge is -2.26. The van der Waals surface area contributed by atoms with Crippen molar-refractivity contribution in [3.63, 3.8) is 0 Å². The summed E-state index contributed by atoms with van der Waals surface area (Å²) >= 11 is 5.88. The van der Waals surface area contributed by atoms with E-state index >= 15 is 0 Å².